The summed E-state index contributed by atoms with van der Waals surface area (Å²) in [5.41, 5.74) is 2.23. The van der Waals surface area contributed by atoms with E-state index in [1.165, 1.54) is 0 Å². The van der Waals surface area contributed by atoms with Gasteiger partial charge in [0.1, 0.15) is 0 Å². The van der Waals surface area contributed by atoms with E-state index >= 15 is 0 Å². The Labute approximate surface area is 129 Å². The normalized spacial score (nSPS) is 10.6. The van der Waals surface area contributed by atoms with Crippen LogP contribution in [0.1, 0.15) is 22.6 Å². The zero-order valence-electron chi connectivity index (χ0n) is 12.7. The van der Waals surface area contributed by atoms with Gasteiger partial charge in [-0.1, -0.05) is 18.2 Å². The minimum Gasteiger partial charge on any atom is -0.394 e. The standard InChI is InChI=1S/C16H21N3O3/c1-13-12-15(16(21)17-8-5-10-22-11-9-20)18-19(13)14-6-3-2-4-7-14/h2-4,6-7,12,20H,5,8-11H2,1H3,(H,17,21). The molecule has 0 aliphatic heterocycles. The number of amides is 1. The number of nitrogens with zero attached hydrogens (tertiary/aromatic N) is 2. The van der Waals surface area contributed by atoms with Crippen molar-refractivity contribution < 1.29 is 14.6 Å². The number of nitrogens with one attached hydrogen (secondary N) is 1. The maximum absolute atomic E-state index is 12.1. The second kappa shape index (κ2) is 8.31. The number of benzene rings is 1. The molecule has 0 saturated heterocycles. The summed E-state index contributed by atoms with van der Waals surface area (Å²) in [6, 6.07) is 11.5. The summed E-state index contributed by atoms with van der Waals surface area (Å²) in [5, 5.41) is 15.7. The second-order valence-electron chi connectivity index (χ2n) is 4.86. The van der Waals surface area contributed by atoms with Crippen molar-refractivity contribution in [3.05, 3.63) is 47.8 Å². The molecular weight excluding hydrogens is 282 g/mol. The first-order chi connectivity index (χ1) is 10.7. The molecule has 0 saturated carbocycles. The lowest BCUT2D eigenvalue weighted by Crippen LogP contribution is -2.26. The molecule has 118 valence electrons. The molecule has 0 bridgehead atoms. The first-order valence-electron chi connectivity index (χ1n) is 7.31. The number of hydrogen-bond donors (Lipinski definition) is 2. The zero-order valence-corrected chi connectivity index (χ0v) is 12.7. The van der Waals surface area contributed by atoms with Crippen LogP contribution in [0, 0.1) is 6.92 Å². The highest BCUT2D eigenvalue weighted by molar-refractivity contribution is 5.92. The number of rotatable bonds is 8. The Balaban J connectivity index is 1.89. The van der Waals surface area contributed by atoms with E-state index in [-0.39, 0.29) is 12.5 Å². The van der Waals surface area contributed by atoms with E-state index < -0.39 is 0 Å². The molecule has 22 heavy (non-hydrogen) atoms. The van der Waals surface area contributed by atoms with Crippen LogP contribution in [-0.2, 0) is 4.74 Å². The van der Waals surface area contributed by atoms with Crippen LogP contribution in [0.3, 0.4) is 0 Å². The molecule has 0 aliphatic rings. The van der Waals surface area contributed by atoms with Crippen molar-refractivity contribution in [1.82, 2.24) is 15.1 Å². The summed E-state index contributed by atoms with van der Waals surface area (Å²) in [6.45, 7) is 3.29. The van der Waals surface area contributed by atoms with E-state index in [9.17, 15) is 4.79 Å². The van der Waals surface area contributed by atoms with Gasteiger partial charge in [-0.2, -0.15) is 5.10 Å². The van der Waals surface area contributed by atoms with Crippen LogP contribution in [0.2, 0.25) is 0 Å². The Bertz CT molecular complexity index is 596. The molecule has 2 aromatic rings. The highest BCUT2D eigenvalue weighted by atomic mass is 16.5. The van der Waals surface area contributed by atoms with Gasteiger partial charge < -0.3 is 15.2 Å². The van der Waals surface area contributed by atoms with Gasteiger partial charge in [0.2, 0.25) is 0 Å². The number of ether oxygens (including phenoxy) is 1. The van der Waals surface area contributed by atoms with E-state index in [0.717, 1.165) is 11.4 Å². The predicted octanol–water partition coefficient (Wildman–Crippen LogP) is 1.31. The molecule has 0 spiro atoms. The number of aliphatic hydroxyl groups excluding tert-OH is 1. The molecule has 0 aliphatic carbocycles. The summed E-state index contributed by atoms with van der Waals surface area (Å²) in [4.78, 5) is 12.1. The van der Waals surface area contributed by atoms with Crippen LogP contribution in [0.4, 0.5) is 0 Å². The Hall–Kier alpha value is -2.18. The third kappa shape index (κ3) is 4.41. The SMILES string of the molecule is Cc1cc(C(=O)NCCCOCCO)nn1-c1ccccc1. The molecule has 2 N–H and O–H groups in total. The third-order valence-corrected chi connectivity index (χ3v) is 3.11. The number of carbonyl (C=O) groups is 1. The topological polar surface area (TPSA) is 76.4 Å². The Morgan fingerprint density at radius 3 is 2.82 bits per heavy atom. The molecule has 6 heteroatoms. The Morgan fingerprint density at radius 2 is 2.09 bits per heavy atom. The lowest BCUT2D eigenvalue weighted by atomic mass is 10.3. The first kappa shape index (κ1) is 16.2. The van der Waals surface area contributed by atoms with E-state index in [0.29, 0.717) is 31.9 Å². The maximum atomic E-state index is 12.1. The smallest absolute Gasteiger partial charge is 0.271 e. The Kier molecular flexibility index (Phi) is 6.12. The van der Waals surface area contributed by atoms with Crippen molar-refractivity contribution in [2.75, 3.05) is 26.4 Å². The zero-order chi connectivity index (χ0) is 15.8. The van der Waals surface area contributed by atoms with E-state index in [4.69, 9.17) is 9.84 Å². The fraction of sp³-hybridized carbons (Fsp3) is 0.375. The summed E-state index contributed by atoms with van der Waals surface area (Å²) in [7, 11) is 0. The van der Waals surface area contributed by atoms with Gasteiger partial charge in [0.15, 0.2) is 5.69 Å². The minimum atomic E-state index is -0.195. The van der Waals surface area contributed by atoms with Gasteiger partial charge in [-0.3, -0.25) is 4.79 Å². The maximum Gasteiger partial charge on any atom is 0.271 e. The molecule has 6 nitrogen and oxygen atoms in total. The van der Waals surface area contributed by atoms with Crippen molar-refractivity contribution in [2.45, 2.75) is 13.3 Å². The van der Waals surface area contributed by atoms with Crippen molar-refractivity contribution in [1.29, 1.82) is 0 Å². The Morgan fingerprint density at radius 1 is 1.32 bits per heavy atom. The van der Waals surface area contributed by atoms with Crippen molar-refractivity contribution in [3.8, 4) is 5.69 Å². The molecule has 1 aromatic carbocycles. The van der Waals surface area contributed by atoms with Gasteiger partial charge in [-0.15, -0.1) is 0 Å². The average molecular weight is 303 g/mol. The number of hydrogen-bond acceptors (Lipinski definition) is 4. The molecule has 1 aromatic heterocycles. The number of aliphatic hydroxyl groups is 1. The molecule has 0 radical (unpaired) electrons. The van der Waals surface area contributed by atoms with Crippen LogP contribution in [0.25, 0.3) is 5.69 Å². The largest absolute Gasteiger partial charge is 0.394 e. The van der Waals surface area contributed by atoms with Gasteiger partial charge in [-0.05, 0) is 31.5 Å². The third-order valence-electron chi connectivity index (χ3n) is 3.11. The number of para-hydroxylation sites is 1. The predicted molar refractivity (Wildman–Crippen MR) is 83.2 cm³/mol. The van der Waals surface area contributed by atoms with Gasteiger partial charge in [0, 0.05) is 18.8 Å². The lowest BCUT2D eigenvalue weighted by Gasteiger charge is -2.04. The van der Waals surface area contributed by atoms with Crippen molar-refractivity contribution >= 4 is 5.91 Å². The summed E-state index contributed by atoms with van der Waals surface area (Å²) >= 11 is 0. The van der Waals surface area contributed by atoms with Crippen LogP contribution < -0.4 is 5.32 Å². The molecule has 0 unspecified atom stereocenters. The lowest BCUT2D eigenvalue weighted by molar-refractivity contribution is 0.0865. The van der Waals surface area contributed by atoms with Crippen LogP contribution in [0.5, 0.6) is 0 Å². The fourth-order valence-electron chi connectivity index (χ4n) is 2.05. The van der Waals surface area contributed by atoms with Crippen LogP contribution in [0.15, 0.2) is 36.4 Å². The number of aryl methyl sites for hydroxylation is 1. The monoisotopic (exact) mass is 303 g/mol. The van der Waals surface area contributed by atoms with E-state index in [2.05, 4.69) is 10.4 Å². The first-order valence-corrected chi connectivity index (χ1v) is 7.31. The van der Waals surface area contributed by atoms with Gasteiger partial charge in [0.25, 0.3) is 5.91 Å². The molecule has 0 fully saturated rings. The van der Waals surface area contributed by atoms with E-state index in [1.54, 1.807) is 10.7 Å². The average Bonchev–Trinajstić information content (AvgIpc) is 2.93. The fourth-order valence-corrected chi connectivity index (χ4v) is 2.05. The molecule has 1 amide bonds. The summed E-state index contributed by atoms with van der Waals surface area (Å²) < 4.78 is 6.88. The number of carbonyl (C=O) groups excluding carboxylic acids is 1. The number of aromatic nitrogens is 2. The molecular formula is C16H21N3O3. The summed E-state index contributed by atoms with van der Waals surface area (Å²) in [6.07, 6.45) is 0.699. The van der Waals surface area contributed by atoms with E-state index in [1.807, 2.05) is 37.3 Å². The van der Waals surface area contributed by atoms with Gasteiger partial charge >= 0.3 is 0 Å². The van der Waals surface area contributed by atoms with Crippen molar-refractivity contribution in [3.63, 3.8) is 0 Å². The summed E-state index contributed by atoms with van der Waals surface area (Å²) in [5.74, 6) is -0.195. The second-order valence-corrected chi connectivity index (χ2v) is 4.86. The van der Waals surface area contributed by atoms with Crippen LogP contribution >= 0.6 is 0 Å². The minimum absolute atomic E-state index is 0.0164. The highest BCUT2D eigenvalue weighted by Gasteiger charge is 2.12. The highest BCUT2D eigenvalue weighted by Crippen LogP contribution is 2.11. The molecule has 0 atom stereocenters. The molecule has 1 heterocycles. The molecule has 2 rings (SSSR count). The van der Waals surface area contributed by atoms with Gasteiger partial charge in [0.05, 0.1) is 18.9 Å². The quantitative estimate of drug-likeness (QED) is 0.721. The van der Waals surface area contributed by atoms with Gasteiger partial charge in [-0.25, -0.2) is 4.68 Å². The van der Waals surface area contributed by atoms with Crippen molar-refractivity contribution in [2.24, 2.45) is 0 Å². The van der Waals surface area contributed by atoms with Crippen LogP contribution in [-0.4, -0.2) is 47.2 Å².